The van der Waals surface area contributed by atoms with Crippen LogP contribution in [0.25, 0.3) is 0 Å². The van der Waals surface area contributed by atoms with E-state index < -0.39 is 12.2 Å². The molecule has 0 aromatic heterocycles. The predicted octanol–water partition coefficient (Wildman–Crippen LogP) is -0.483. The molecule has 1 heterocycles. The maximum absolute atomic E-state index is 9.02. The van der Waals surface area contributed by atoms with Gasteiger partial charge in [-0.15, -0.1) is 0 Å². The second-order valence-corrected chi connectivity index (χ2v) is 2.51. The van der Waals surface area contributed by atoms with E-state index in [1.54, 1.807) is 0 Å². The number of aliphatic hydroxyl groups excluding tert-OH is 2. The first-order valence-electron chi connectivity index (χ1n) is 3.18. The van der Waals surface area contributed by atoms with E-state index in [2.05, 4.69) is 0 Å². The molecule has 54 valence electrons. The smallest absolute Gasteiger partial charge is 0.103 e. The lowest BCUT2D eigenvalue weighted by Gasteiger charge is -2.27. The van der Waals surface area contributed by atoms with Crippen LogP contribution in [0.2, 0.25) is 0 Å². The van der Waals surface area contributed by atoms with Crippen molar-refractivity contribution in [3.05, 3.63) is 0 Å². The first kappa shape index (κ1) is 6.99. The summed E-state index contributed by atoms with van der Waals surface area (Å²) in [4.78, 5) is 0. The van der Waals surface area contributed by atoms with Gasteiger partial charge in [0.2, 0.25) is 0 Å². The zero-order valence-electron chi connectivity index (χ0n) is 5.45. The molecule has 3 nitrogen and oxygen atoms in total. The van der Waals surface area contributed by atoms with Crippen LogP contribution in [0, 0.1) is 0 Å². The Morgan fingerprint density at radius 2 is 2.00 bits per heavy atom. The Morgan fingerprint density at radius 3 is 2.44 bits per heavy atom. The van der Waals surface area contributed by atoms with Gasteiger partial charge in [-0.3, -0.25) is 0 Å². The molecule has 0 radical (unpaired) electrons. The van der Waals surface area contributed by atoms with Crippen LogP contribution in [-0.4, -0.2) is 35.1 Å². The Morgan fingerprint density at radius 1 is 1.33 bits per heavy atom. The summed E-state index contributed by atoms with van der Waals surface area (Å²) in [7, 11) is 0. The van der Waals surface area contributed by atoms with Gasteiger partial charge in [-0.1, -0.05) is 0 Å². The minimum atomic E-state index is -0.679. The highest BCUT2D eigenvalue weighted by atomic mass is 16.5. The van der Waals surface area contributed by atoms with Crippen molar-refractivity contribution in [3.8, 4) is 0 Å². The van der Waals surface area contributed by atoms with E-state index >= 15 is 0 Å². The molecule has 1 aliphatic rings. The van der Waals surface area contributed by atoms with Crippen LogP contribution in [0.3, 0.4) is 0 Å². The quantitative estimate of drug-likeness (QED) is 0.468. The van der Waals surface area contributed by atoms with E-state index in [4.69, 9.17) is 14.9 Å². The number of ether oxygens (including phenoxy) is 1. The van der Waals surface area contributed by atoms with Crippen LogP contribution in [0.1, 0.15) is 13.3 Å². The molecule has 3 atom stereocenters. The third kappa shape index (κ3) is 1.64. The van der Waals surface area contributed by atoms with E-state index in [1.807, 2.05) is 6.92 Å². The molecule has 0 spiro atoms. The monoisotopic (exact) mass is 132 g/mol. The summed E-state index contributed by atoms with van der Waals surface area (Å²) >= 11 is 0. The van der Waals surface area contributed by atoms with Crippen LogP contribution < -0.4 is 0 Å². The Hall–Kier alpha value is -0.120. The highest BCUT2D eigenvalue weighted by Crippen LogP contribution is 2.12. The van der Waals surface area contributed by atoms with Crippen LogP contribution in [0.15, 0.2) is 0 Å². The summed E-state index contributed by atoms with van der Waals surface area (Å²) in [6.07, 6.45) is -0.639. The normalized spacial score (nSPS) is 45.0. The van der Waals surface area contributed by atoms with E-state index in [9.17, 15) is 0 Å². The average Bonchev–Trinajstić information content (AvgIpc) is 1.80. The molecule has 1 rings (SSSR count). The van der Waals surface area contributed by atoms with Gasteiger partial charge in [0.05, 0.1) is 18.8 Å². The summed E-state index contributed by atoms with van der Waals surface area (Å²) in [6, 6.07) is 0. The molecule has 0 bridgehead atoms. The Bertz CT molecular complexity index is 94.3. The highest BCUT2D eigenvalue weighted by Gasteiger charge is 2.25. The molecule has 0 aromatic carbocycles. The van der Waals surface area contributed by atoms with Gasteiger partial charge in [-0.25, -0.2) is 0 Å². The molecule has 0 unspecified atom stereocenters. The topological polar surface area (TPSA) is 49.7 Å². The van der Waals surface area contributed by atoms with Gasteiger partial charge in [-0.2, -0.15) is 0 Å². The van der Waals surface area contributed by atoms with Gasteiger partial charge in [-0.05, 0) is 6.92 Å². The lowest BCUT2D eigenvalue weighted by molar-refractivity contribution is -0.115. The summed E-state index contributed by atoms with van der Waals surface area (Å²) in [5, 5.41) is 17.9. The van der Waals surface area contributed by atoms with Crippen LogP contribution >= 0.6 is 0 Å². The van der Waals surface area contributed by atoms with Crippen molar-refractivity contribution in [1.82, 2.24) is 0 Å². The van der Waals surface area contributed by atoms with Gasteiger partial charge in [0.1, 0.15) is 6.10 Å². The van der Waals surface area contributed by atoms with Gasteiger partial charge < -0.3 is 14.9 Å². The summed E-state index contributed by atoms with van der Waals surface area (Å²) in [5.74, 6) is 0. The molecule has 0 aliphatic carbocycles. The van der Waals surface area contributed by atoms with Crippen molar-refractivity contribution < 1.29 is 14.9 Å². The lowest BCUT2D eigenvalue weighted by atomic mass is 10.1. The van der Waals surface area contributed by atoms with Gasteiger partial charge >= 0.3 is 0 Å². The fourth-order valence-electron chi connectivity index (χ4n) is 0.939. The SMILES string of the molecule is C[C@H]1C[C@H](O)[C@H](O)CO1. The number of hydrogen-bond donors (Lipinski definition) is 2. The second kappa shape index (κ2) is 2.64. The summed E-state index contributed by atoms with van der Waals surface area (Å²) in [5.41, 5.74) is 0. The second-order valence-electron chi connectivity index (χ2n) is 2.51. The Labute approximate surface area is 54.3 Å². The zero-order valence-corrected chi connectivity index (χ0v) is 5.45. The first-order valence-corrected chi connectivity index (χ1v) is 3.18. The standard InChI is InChI=1S/C6H12O3/c1-4-2-5(7)6(8)3-9-4/h4-8H,2-3H2,1H3/t4-,5-,6+/m0/s1. The zero-order chi connectivity index (χ0) is 6.85. The Balaban J connectivity index is 2.35. The molecule has 0 saturated carbocycles. The third-order valence-electron chi connectivity index (χ3n) is 1.57. The van der Waals surface area contributed by atoms with E-state index in [0.29, 0.717) is 6.42 Å². The van der Waals surface area contributed by atoms with E-state index in [0.717, 1.165) is 0 Å². The maximum Gasteiger partial charge on any atom is 0.103 e. The summed E-state index contributed by atoms with van der Waals surface area (Å²) < 4.78 is 5.05. The number of rotatable bonds is 0. The predicted molar refractivity (Wildman–Crippen MR) is 32.0 cm³/mol. The molecule has 3 heteroatoms. The molecule has 1 aliphatic heterocycles. The van der Waals surface area contributed by atoms with E-state index in [1.165, 1.54) is 0 Å². The van der Waals surface area contributed by atoms with E-state index in [-0.39, 0.29) is 12.7 Å². The summed E-state index contributed by atoms with van der Waals surface area (Å²) in [6.45, 7) is 2.15. The van der Waals surface area contributed by atoms with Crippen LogP contribution in [-0.2, 0) is 4.74 Å². The van der Waals surface area contributed by atoms with Gasteiger partial charge in [0.25, 0.3) is 0 Å². The molecule has 0 aromatic rings. The minimum absolute atomic E-state index is 0.0865. The van der Waals surface area contributed by atoms with Crippen molar-refractivity contribution in [2.45, 2.75) is 31.7 Å². The molecule has 1 saturated heterocycles. The number of aliphatic hydroxyl groups is 2. The molecule has 1 fully saturated rings. The van der Waals surface area contributed by atoms with Gasteiger partial charge in [0.15, 0.2) is 0 Å². The average molecular weight is 132 g/mol. The van der Waals surface area contributed by atoms with Crippen LogP contribution in [0.4, 0.5) is 0 Å². The van der Waals surface area contributed by atoms with Crippen molar-refractivity contribution in [1.29, 1.82) is 0 Å². The maximum atomic E-state index is 9.02. The van der Waals surface area contributed by atoms with Crippen molar-refractivity contribution in [3.63, 3.8) is 0 Å². The molecule has 2 N–H and O–H groups in total. The largest absolute Gasteiger partial charge is 0.390 e. The van der Waals surface area contributed by atoms with Crippen LogP contribution in [0.5, 0.6) is 0 Å². The fourth-order valence-corrected chi connectivity index (χ4v) is 0.939. The van der Waals surface area contributed by atoms with Crippen molar-refractivity contribution in [2.75, 3.05) is 6.61 Å². The fraction of sp³-hybridized carbons (Fsp3) is 1.00. The molecule has 0 amide bonds. The van der Waals surface area contributed by atoms with Crippen molar-refractivity contribution >= 4 is 0 Å². The first-order chi connectivity index (χ1) is 4.20. The number of hydrogen-bond acceptors (Lipinski definition) is 3. The Kier molecular flexibility index (Phi) is 2.05. The molecular weight excluding hydrogens is 120 g/mol. The van der Waals surface area contributed by atoms with Gasteiger partial charge in [0, 0.05) is 6.42 Å². The highest BCUT2D eigenvalue weighted by molar-refractivity contribution is 4.74. The molecule has 9 heavy (non-hydrogen) atoms. The molecular formula is C6H12O3. The third-order valence-corrected chi connectivity index (χ3v) is 1.57. The minimum Gasteiger partial charge on any atom is -0.390 e. The lowest BCUT2D eigenvalue weighted by Crippen LogP contribution is -2.39. The van der Waals surface area contributed by atoms with Crippen molar-refractivity contribution in [2.24, 2.45) is 0 Å².